The Kier molecular flexibility index (Phi) is 4.61. The molecule has 1 aromatic heterocycles. The van der Waals surface area contributed by atoms with Gasteiger partial charge in [-0.15, -0.1) is 0 Å². The van der Waals surface area contributed by atoms with Crippen LogP contribution in [0.4, 0.5) is 5.95 Å². The molecule has 0 unspecified atom stereocenters. The number of nitriles is 1. The van der Waals surface area contributed by atoms with Crippen molar-refractivity contribution in [2.75, 3.05) is 24.7 Å². The van der Waals surface area contributed by atoms with E-state index in [1.165, 1.54) is 6.33 Å². The van der Waals surface area contributed by atoms with E-state index in [2.05, 4.69) is 10.1 Å². The number of rotatable bonds is 5. The molecule has 124 valence electrons. The fourth-order valence-corrected chi connectivity index (χ4v) is 2.52. The zero-order valence-corrected chi connectivity index (χ0v) is 13.3. The highest BCUT2D eigenvalue weighted by atomic mass is 16.5. The largest absolute Gasteiger partial charge is 0.490 e. The van der Waals surface area contributed by atoms with Crippen molar-refractivity contribution in [3.63, 3.8) is 0 Å². The van der Waals surface area contributed by atoms with Crippen LogP contribution in [0.25, 0.3) is 0 Å². The summed E-state index contributed by atoms with van der Waals surface area (Å²) in [4.78, 5) is 18.1. The second kappa shape index (κ2) is 7.00. The maximum atomic E-state index is 12.5. The van der Waals surface area contributed by atoms with E-state index in [9.17, 15) is 4.79 Å². The third-order valence-corrected chi connectivity index (χ3v) is 3.61. The van der Waals surface area contributed by atoms with Crippen molar-refractivity contribution in [2.24, 2.45) is 0 Å². The van der Waals surface area contributed by atoms with E-state index < -0.39 is 0 Å². The number of anilines is 1. The van der Waals surface area contributed by atoms with Crippen molar-refractivity contribution < 1.29 is 14.3 Å². The molecule has 1 amide bonds. The van der Waals surface area contributed by atoms with Crippen molar-refractivity contribution in [3.8, 4) is 17.6 Å². The normalized spacial score (nSPS) is 13.1. The first-order valence-corrected chi connectivity index (χ1v) is 7.71. The first-order chi connectivity index (χ1) is 11.7. The Hall–Kier alpha value is -3.08. The van der Waals surface area contributed by atoms with Crippen LogP contribution in [0.3, 0.4) is 0 Å². The smallest absolute Gasteiger partial charge is 0.267 e. The van der Waals surface area contributed by atoms with Gasteiger partial charge in [-0.25, -0.2) is 4.68 Å². The lowest BCUT2D eigenvalue weighted by Gasteiger charge is -2.26. The summed E-state index contributed by atoms with van der Waals surface area (Å²) in [5, 5.41) is 13.0. The Morgan fingerprint density at radius 1 is 1.33 bits per heavy atom. The number of aryl methyl sites for hydroxylation is 1. The monoisotopic (exact) mass is 327 g/mol. The number of hydrogen-bond acceptors (Lipinski definition) is 6. The number of carbonyl (C=O) groups is 1. The van der Waals surface area contributed by atoms with Gasteiger partial charge in [0.15, 0.2) is 18.1 Å². The van der Waals surface area contributed by atoms with Crippen LogP contribution in [0.15, 0.2) is 24.5 Å². The summed E-state index contributed by atoms with van der Waals surface area (Å²) in [7, 11) is 0. The molecule has 0 N–H and O–H groups in total. The number of aromatic nitrogens is 3. The summed E-state index contributed by atoms with van der Waals surface area (Å²) in [5.41, 5.74) is 0.473. The molecule has 3 rings (SSSR count). The van der Waals surface area contributed by atoms with E-state index >= 15 is 0 Å². The van der Waals surface area contributed by atoms with E-state index in [1.807, 2.05) is 13.0 Å². The third kappa shape index (κ3) is 3.15. The summed E-state index contributed by atoms with van der Waals surface area (Å²) in [5.74, 6) is 1.23. The highest BCUT2D eigenvalue weighted by molar-refractivity contribution is 5.93. The van der Waals surface area contributed by atoms with Crippen LogP contribution < -0.4 is 14.4 Å². The van der Waals surface area contributed by atoms with Crippen LogP contribution in [0, 0.1) is 11.3 Å². The number of hydrogen-bond donors (Lipinski definition) is 0. The fraction of sp³-hybridized carbons (Fsp3) is 0.375. The van der Waals surface area contributed by atoms with E-state index in [0.29, 0.717) is 36.2 Å². The average molecular weight is 327 g/mol. The Labute approximate surface area is 139 Å². The molecule has 8 nitrogen and oxygen atoms in total. The molecule has 8 heteroatoms. The van der Waals surface area contributed by atoms with Gasteiger partial charge < -0.3 is 9.47 Å². The summed E-state index contributed by atoms with van der Waals surface area (Å²) < 4.78 is 12.8. The van der Waals surface area contributed by atoms with Crippen molar-refractivity contribution in [1.82, 2.24) is 14.8 Å². The molecule has 0 saturated carbocycles. The Bertz CT molecular complexity index is 780. The van der Waals surface area contributed by atoms with Gasteiger partial charge in [-0.05, 0) is 25.5 Å². The third-order valence-electron chi connectivity index (χ3n) is 3.61. The van der Waals surface area contributed by atoms with Gasteiger partial charge in [0, 0.05) is 19.2 Å². The Morgan fingerprint density at radius 3 is 3.00 bits per heavy atom. The zero-order chi connectivity index (χ0) is 16.9. The van der Waals surface area contributed by atoms with E-state index in [4.69, 9.17) is 14.7 Å². The first kappa shape index (κ1) is 15.8. The summed E-state index contributed by atoms with van der Waals surface area (Å²) >= 11 is 0. The number of fused-ring (bicyclic) bond motifs is 1. The molecule has 2 aromatic rings. The lowest BCUT2D eigenvalue weighted by atomic mass is 10.2. The van der Waals surface area contributed by atoms with Crippen molar-refractivity contribution >= 4 is 11.9 Å². The molecule has 0 radical (unpaired) electrons. The molecule has 0 bridgehead atoms. The lowest BCUT2D eigenvalue weighted by molar-refractivity contribution is -0.120. The summed E-state index contributed by atoms with van der Waals surface area (Å²) in [6, 6.07) is 6.91. The first-order valence-electron chi connectivity index (χ1n) is 7.71. The van der Waals surface area contributed by atoms with Crippen LogP contribution >= 0.6 is 0 Å². The van der Waals surface area contributed by atoms with E-state index in [1.54, 1.807) is 27.8 Å². The fourth-order valence-electron chi connectivity index (χ4n) is 2.52. The molecule has 1 aromatic carbocycles. The van der Waals surface area contributed by atoms with Gasteiger partial charge in [-0.1, -0.05) is 0 Å². The topological polar surface area (TPSA) is 93.3 Å². The second-order valence-electron chi connectivity index (χ2n) is 5.18. The second-order valence-corrected chi connectivity index (χ2v) is 5.18. The van der Waals surface area contributed by atoms with Crippen LogP contribution in [-0.2, 0) is 11.3 Å². The molecule has 2 heterocycles. The number of benzene rings is 1. The minimum atomic E-state index is -0.198. The van der Waals surface area contributed by atoms with Crippen LogP contribution in [-0.4, -0.2) is 40.4 Å². The quantitative estimate of drug-likeness (QED) is 0.823. The van der Waals surface area contributed by atoms with Gasteiger partial charge in [-0.2, -0.15) is 15.3 Å². The van der Waals surface area contributed by atoms with Gasteiger partial charge in [0.05, 0.1) is 18.2 Å². The minimum Gasteiger partial charge on any atom is -0.490 e. The highest BCUT2D eigenvalue weighted by Crippen LogP contribution is 2.28. The van der Waals surface area contributed by atoms with Gasteiger partial charge in [-0.3, -0.25) is 9.69 Å². The van der Waals surface area contributed by atoms with Gasteiger partial charge in [0.25, 0.3) is 5.91 Å². The molecule has 1 aliphatic heterocycles. The molecule has 0 fully saturated rings. The minimum absolute atomic E-state index is 0.140. The predicted octanol–water partition coefficient (Wildman–Crippen LogP) is 1.36. The van der Waals surface area contributed by atoms with Gasteiger partial charge in [0.2, 0.25) is 5.95 Å². The van der Waals surface area contributed by atoms with Gasteiger partial charge >= 0.3 is 0 Å². The maximum Gasteiger partial charge on any atom is 0.267 e. The average Bonchev–Trinajstić information content (AvgIpc) is 3.09. The van der Waals surface area contributed by atoms with Crippen molar-refractivity contribution in [3.05, 3.63) is 30.1 Å². The molecule has 1 aliphatic rings. The van der Waals surface area contributed by atoms with E-state index in [0.717, 1.165) is 13.0 Å². The highest BCUT2D eigenvalue weighted by Gasteiger charge is 2.25. The molecule has 0 spiro atoms. The number of ether oxygens (including phenoxy) is 2. The lowest BCUT2D eigenvalue weighted by Crippen LogP contribution is -2.40. The molecule has 0 saturated heterocycles. The van der Waals surface area contributed by atoms with Crippen LogP contribution in [0.5, 0.6) is 11.5 Å². The number of carbonyl (C=O) groups excluding carboxylic acids is 1. The van der Waals surface area contributed by atoms with Crippen LogP contribution in [0.1, 0.15) is 18.9 Å². The summed E-state index contributed by atoms with van der Waals surface area (Å²) in [6.07, 6.45) is 2.26. The Balaban J connectivity index is 1.70. The molecule has 0 atom stereocenters. The molecule has 24 heavy (non-hydrogen) atoms. The predicted molar refractivity (Wildman–Crippen MR) is 84.8 cm³/mol. The molecular formula is C16H17N5O3. The number of amides is 1. The standard InChI is InChI=1S/C16H17N5O3/c1-2-23-14-8-12(9-17)4-5-13(14)24-10-15(22)20-6-3-7-21-16(20)18-11-19-21/h4-5,8,11H,2-3,6-7,10H2,1H3. The zero-order valence-electron chi connectivity index (χ0n) is 13.3. The molecule has 0 aliphatic carbocycles. The van der Waals surface area contributed by atoms with Gasteiger partial charge in [0.1, 0.15) is 6.33 Å². The van der Waals surface area contributed by atoms with E-state index in [-0.39, 0.29) is 12.5 Å². The summed E-state index contributed by atoms with van der Waals surface area (Å²) in [6.45, 7) is 3.48. The van der Waals surface area contributed by atoms with Crippen LogP contribution in [0.2, 0.25) is 0 Å². The maximum absolute atomic E-state index is 12.5. The van der Waals surface area contributed by atoms with Crippen molar-refractivity contribution in [2.45, 2.75) is 19.9 Å². The number of nitrogens with zero attached hydrogens (tertiary/aromatic N) is 5. The Morgan fingerprint density at radius 2 is 2.21 bits per heavy atom. The molecular weight excluding hydrogens is 310 g/mol. The SMILES string of the molecule is CCOc1cc(C#N)ccc1OCC(=O)N1CCCn2ncnc21. The van der Waals surface area contributed by atoms with Crippen molar-refractivity contribution in [1.29, 1.82) is 5.26 Å².